The Balaban J connectivity index is 0.00000242. The van der Waals surface area contributed by atoms with Gasteiger partial charge < -0.3 is 15.5 Å². The van der Waals surface area contributed by atoms with E-state index in [2.05, 4.69) is 34.4 Å². The molecule has 5 heteroatoms. The summed E-state index contributed by atoms with van der Waals surface area (Å²) in [4.78, 5) is 6.99. The molecular weight excluding hydrogens is 387 g/mol. The van der Waals surface area contributed by atoms with Crippen LogP contribution in [0, 0.1) is 11.8 Å². The molecule has 1 aliphatic heterocycles. The van der Waals surface area contributed by atoms with Crippen LogP contribution in [0.4, 0.5) is 0 Å². The van der Waals surface area contributed by atoms with E-state index in [0.29, 0.717) is 6.04 Å². The molecule has 2 N–H and O–H groups in total. The second-order valence-corrected chi connectivity index (χ2v) is 7.01. The second-order valence-electron chi connectivity index (χ2n) is 7.01. The molecule has 22 heavy (non-hydrogen) atoms. The van der Waals surface area contributed by atoms with E-state index in [1.54, 1.807) is 0 Å². The van der Waals surface area contributed by atoms with Gasteiger partial charge in [0.05, 0.1) is 0 Å². The predicted octanol–water partition coefficient (Wildman–Crippen LogP) is 3.08. The van der Waals surface area contributed by atoms with Crippen LogP contribution < -0.4 is 10.6 Å². The Labute approximate surface area is 153 Å². The van der Waals surface area contributed by atoms with Crippen molar-refractivity contribution in [3.63, 3.8) is 0 Å². The third kappa shape index (κ3) is 6.60. The highest BCUT2D eigenvalue weighted by Crippen LogP contribution is 2.23. The zero-order valence-electron chi connectivity index (χ0n) is 14.6. The van der Waals surface area contributed by atoms with E-state index < -0.39 is 0 Å². The van der Waals surface area contributed by atoms with Gasteiger partial charge in [-0.2, -0.15) is 0 Å². The summed E-state index contributed by atoms with van der Waals surface area (Å²) in [7, 11) is 1.89. The molecular formula is C17H35IN4. The lowest BCUT2D eigenvalue weighted by Gasteiger charge is -2.28. The van der Waals surface area contributed by atoms with E-state index in [9.17, 15) is 0 Å². The Morgan fingerprint density at radius 1 is 1.18 bits per heavy atom. The van der Waals surface area contributed by atoms with Crippen LogP contribution in [0.1, 0.15) is 52.4 Å². The van der Waals surface area contributed by atoms with Gasteiger partial charge in [0.1, 0.15) is 0 Å². The number of likely N-dealkylation sites (tertiary alicyclic amines) is 1. The average Bonchev–Trinajstić information content (AvgIpc) is 2.93. The number of halogens is 1. The van der Waals surface area contributed by atoms with Crippen molar-refractivity contribution in [1.82, 2.24) is 15.5 Å². The third-order valence-electron chi connectivity index (χ3n) is 5.05. The summed E-state index contributed by atoms with van der Waals surface area (Å²) in [5.41, 5.74) is 0. The normalized spacial score (nSPS) is 30.0. The maximum absolute atomic E-state index is 4.40. The first-order valence-corrected chi connectivity index (χ1v) is 8.90. The summed E-state index contributed by atoms with van der Waals surface area (Å²) < 4.78 is 0. The van der Waals surface area contributed by atoms with Gasteiger partial charge in [0.25, 0.3) is 0 Å². The van der Waals surface area contributed by atoms with Gasteiger partial charge in [-0.25, -0.2) is 0 Å². The lowest BCUT2D eigenvalue weighted by molar-refractivity contribution is 0.322. The SMILES string of the molecule is CCCN1CCC(CNC(=NC)NC2CCC(C)CC2)C1.I. The molecule has 0 aromatic carbocycles. The first kappa shape index (κ1) is 20.0. The molecule has 0 spiro atoms. The van der Waals surface area contributed by atoms with Gasteiger partial charge in [0, 0.05) is 26.2 Å². The topological polar surface area (TPSA) is 39.7 Å². The van der Waals surface area contributed by atoms with Crippen molar-refractivity contribution >= 4 is 29.9 Å². The Morgan fingerprint density at radius 3 is 2.55 bits per heavy atom. The fourth-order valence-electron chi connectivity index (χ4n) is 3.63. The van der Waals surface area contributed by atoms with E-state index in [1.165, 1.54) is 58.2 Å². The molecule has 2 rings (SSSR count). The lowest BCUT2D eigenvalue weighted by atomic mass is 9.87. The van der Waals surface area contributed by atoms with E-state index in [1.807, 2.05) is 7.05 Å². The summed E-state index contributed by atoms with van der Waals surface area (Å²) in [6, 6.07) is 0.618. The summed E-state index contributed by atoms with van der Waals surface area (Å²) in [6.45, 7) is 9.46. The van der Waals surface area contributed by atoms with Crippen molar-refractivity contribution in [2.24, 2.45) is 16.8 Å². The summed E-state index contributed by atoms with van der Waals surface area (Å²) in [5.74, 6) is 2.69. The molecule has 2 aliphatic rings. The minimum Gasteiger partial charge on any atom is -0.356 e. The molecule has 130 valence electrons. The van der Waals surface area contributed by atoms with Gasteiger partial charge in [0.2, 0.25) is 0 Å². The van der Waals surface area contributed by atoms with Crippen LogP contribution in [0.3, 0.4) is 0 Å². The molecule has 1 unspecified atom stereocenters. The van der Waals surface area contributed by atoms with E-state index in [-0.39, 0.29) is 24.0 Å². The van der Waals surface area contributed by atoms with Crippen molar-refractivity contribution < 1.29 is 0 Å². The number of aliphatic imine (C=N–C) groups is 1. The van der Waals surface area contributed by atoms with Crippen LogP contribution >= 0.6 is 24.0 Å². The molecule has 1 atom stereocenters. The molecule has 1 saturated heterocycles. The fraction of sp³-hybridized carbons (Fsp3) is 0.941. The number of hydrogen-bond acceptors (Lipinski definition) is 2. The molecule has 0 bridgehead atoms. The second kappa shape index (κ2) is 10.7. The van der Waals surface area contributed by atoms with Crippen LogP contribution in [-0.2, 0) is 0 Å². The standard InChI is InChI=1S/C17H34N4.HI/c1-4-10-21-11-9-15(13-21)12-19-17(18-3)20-16-7-5-14(2)6-8-16;/h14-16H,4-13H2,1-3H3,(H2,18,19,20);1H. The highest BCUT2D eigenvalue weighted by atomic mass is 127. The van der Waals surface area contributed by atoms with Crippen LogP contribution in [0.15, 0.2) is 4.99 Å². The fourth-order valence-corrected chi connectivity index (χ4v) is 3.63. The summed E-state index contributed by atoms with van der Waals surface area (Å²) >= 11 is 0. The predicted molar refractivity (Wildman–Crippen MR) is 106 cm³/mol. The first-order valence-electron chi connectivity index (χ1n) is 8.90. The zero-order chi connectivity index (χ0) is 15.1. The van der Waals surface area contributed by atoms with Crippen molar-refractivity contribution in [2.75, 3.05) is 33.2 Å². The van der Waals surface area contributed by atoms with Crippen molar-refractivity contribution in [3.8, 4) is 0 Å². The average molecular weight is 422 g/mol. The quantitative estimate of drug-likeness (QED) is 0.407. The van der Waals surface area contributed by atoms with Crippen LogP contribution in [-0.4, -0.2) is 50.1 Å². The summed E-state index contributed by atoms with van der Waals surface area (Å²) in [6.07, 6.45) is 7.87. The van der Waals surface area contributed by atoms with Crippen molar-refractivity contribution in [1.29, 1.82) is 0 Å². The van der Waals surface area contributed by atoms with Crippen LogP contribution in [0.5, 0.6) is 0 Å². The van der Waals surface area contributed by atoms with Gasteiger partial charge in [-0.15, -0.1) is 24.0 Å². The van der Waals surface area contributed by atoms with E-state index >= 15 is 0 Å². The van der Waals surface area contributed by atoms with Gasteiger partial charge in [-0.3, -0.25) is 4.99 Å². The Kier molecular flexibility index (Phi) is 9.71. The zero-order valence-corrected chi connectivity index (χ0v) is 16.9. The maximum atomic E-state index is 4.40. The number of hydrogen-bond donors (Lipinski definition) is 2. The van der Waals surface area contributed by atoms with Crippen molar-refractivity contribution in [3.05, 3.63) is 0 Å². The number of nitrogens with zero attached hydrogens (tertiary/aromatic N) is 2. The van der Waals surface area contributed by atoms with Gasteiger partial charge in [-0.05, 0) is 63.5 Å². The molecule has 0 aromatic rings. The smallest absolute Gasteiger partial charge is 0.191 e. The van der Waals surface area contributed by atoms with Gasteiger partial charge in [-0.1, -0.05) is 13.8 Å². The Bertz CT molecular complexity index is 327. The van der Waals surface area contributed by atoms with Crippen LogP contribution in [0.2, 0.25) is 0 Å². The minimum atomic E-state index is 0. The molecule has 0 amide bonds. The number of guanidine groups is 1. The number of nitrogens with one attached hydrogen (secondary N) is 2. The Hall–Kier alpha value is -0.0400. The van der Waals surface area contributed by atoms with E-state index in [0.717, 1.165) is 24.3 Å². The lowest BCUT2D eigenvalue weighted by Crippen LogP contribution is -2.46. The molecule has 1 saturated carbocycles. The van der Waals surface area contributed by atoms with Gasteiger partial charge in [0.15, 0.2) is 5.96 Å². The first-order chi connectivity index (χ1) is 10.2. The number of rotatable bonds is 5. The monoisotopic (exact) mass is 422 g/mol. The molecule has 0 aromatic heterocycles. The molecule has 1 heterocycles. The minimum absolute atomic E-state index is 0. The van der Waals surface area contributed by atoms with Gasteiger partial charge >= 0.3 is 0 Å². The largest absolute Gasteiger partial charge is 0.356 e. The highest BCUT2D eigenvalue weighted by Gasteiger charge is 2.22. The third-order valence-corrected chi connectivity index (χ3v) is 5.05. The van der Waals surface area contributed by atoms with E-state index in [4.69, 9.17) is 0 Å². The van der Waals surface area contributed by atoms with Crippen LogP contribution in [0.25, 0.3) is 0 Å². The highest BCUT2D eigenvalue weighted by molar-refractivity contribution is 14.0. The Morgan fingerprint density at radius 2 is 1.91 bits per heavy atom. The molecule has 0 radical (unpaired) electrons. The van der Waals surface area contributed by atoms with Crippen molar-refractivity contribution in [2.45, 2.75) is 58.4 Å². The molecule has 4 nitrogen and oxygen atoms in total. The maximum Gasteiger partial charge on any atom is 0.191 e. The summed E-state index contributed by atoms with van der Waals surface area (Å²) in [5, 5.41) is 7.16. The molecule has 2 fully saturated rings. The molecule has 1 aliphatic carbocycles.